The fourth-order valence-electron chi connectivity index (χ4n) is 1.15. The molecule has 0 unspecified atom stereocenters. The molecule has 0 radical (unpaired) electrons. The van der Waals surface area contributed by atoms with Crippen molar-refractivity contribution in [2.75, 3.05) is 6.54 Å². The van der Waals surface area contributed by atoms with Crippen molar-refractivity contribution in [2.24, 2.45) is 7.05 Å². The number of aliphatic carboxylic acids is 1. The highest BCUT2D eigenvalue weighted by molar-refractivity contribution is 5.72. The van der Waals surface area contributed by atoms with Crippen molar-refractivity contribution in [1.29, 1.82) is 0 Å². The highest BCUT2D eigenvalue weighted by atomic mass is 16.4. The number of aromatic nitrogens is 2. The lowest BCUT2D eigenvalue weighted by Crippen LogP contribution is -2.35. The largest absolute Gasteiger partial charge is 0.480 e. The molecule has 14 heavy (non-hydrogen) atoms. The van der Waals surface area contributed by atoms with Crippen molar-refractivity contribution in [3.8, 4) is 0 Å². The first kappa shape index (κ1) is 10.7. The average molecular weight is 197 g/mol. The summed E-state index contributed by atoms with van der Waals surface area (Å²) in [6, 6.07) is 1.43. The molecule has 5 nitrogen and oxygen atoms in total. The molecule has 0 aliphatic rings. The number of carbonyl (C=O) groups is 1. The lowest BCUT2D eigenvalue weighted by atomic mass is 10.3. The zero-order chi connectivity index (χ0) is 10.6. The number of hydrogen-bond acceptors (Lipinski definition) is 3. The van der Waals surface area contributed by atoms with E-state index >= 15 is 0 Å². The molecule has 1 aromatic heterocycles. The summed E-state index contributed by atoms with van der Waals surface area (Å²) in [7, 11) is 1.87. The summed E-state index contributed by atoms with van der Waals surface area (Å²) in [5.74, 6) is -0.824. The van der Waals surface area contributed by atoms with Gasteiger partial charge in [-0.15, -0.1) is 0 Å². The average Bonchev–Trinajstić information content (AvgIpc) is 2.51. The molecule has 0 fully saturated rings. The minimum atomic E-state index is -0.824. The van der Waals surface area contributed by atoms with Crippen LogP contribution in [0.5, 0.6) is 0 Å². The van der Waals surface area contributed by atoms with Gasteiger partial charge in [0.1, 0.15) is 6.04 Å². The predicted molar refractivity (Wildman–Crippen MR) is 52.0 cm³/mol. The summed E-state index contributed by atoms with van der Waals surface area (Å²) in [5, 5.41) is 15.5. The lowest BCUT2D eigenvalue weighted by Gasteiger charge is -2.08. The predicted octanol–water partition coefficient (Wildman–Crippen LogP) is 0.0253. The lowest BCUT2D eigenvalue weighted by molar-refractivity contribution is -0.138. The molecule has 0 amide bonds. The Morgan fingerprint density at radius 3 is 3.00 bits per heavy atom. The molecule has 1 rings (SSSR count). The second kappa shape index (κ2) is 4.76. The Bertz CT molecular complexity index is 309. The zero-order valence-corrected chi connectivity index (χ0v) is 8.40. The Balaban J connectivity index is 2.29. The van der Waals surface area contributed by atoms with Gasteiger partial charge < -0.3 is 10.4 Å². The fourth-order valence-corrected chi connectivity index (χ4v) is 1.15. The summed E-state index contributed by atoms with van der Waals surface area (Å²) in [6.45, 7) is 2.28. The van der Waals surface area contributed by atoms with Gasteiger partial charge in [-0.2, -0.15) is 5.10 Å². The summed E-state index contributed by atoms with van der Waals surface area (Å²) >= 11 is 0. The zero-order valence-electron chi connectivity index (χ0n) is 8.40. The van der Waals surface area contributed by atoms with Crippen LogP contribution in [0.4, 0.5) is 0 Å². The van der Waals surface area contributed by atoms with E-state index in [0.29, 0.717) is 6.54 Å². The van der Waals surface area contributed by atoms with Gasteiger partial charge in [-0.05, 0) is 13.0 Å². The van der Waals surface area contributed by atoms with Crippen molar-refractivity contribution in [1.82, 2.24) is 15.1 Å². The van der Waals surface area contributed by atoms with Crippen molar-refractivity contribution in [3.63, 3.8) is 0 Å². The molecule has 0 spiro atoms. The fraction of sp³-hybridized carbons (Fsp3) is 0.556. The van der Waals surface area contributed by atoms with Crippen molar-refractivity contribution in [2.45, 2.75) is 19.4 Å². The molecule has 0 bridgehead atoms. The first-order valence-corrected chi connectivity index (χ1v) is 4.54. The minimum Gasteiger partial charge on any atom is -0.480 e. The van der Waals surface area contributed by atoms with Crippen LogP contribution in [0, 0.1) is 0 Å². The molecule has 0 saturated carbocycles. The third kappa shape index (κ3) is 2.85. The van der Waals surface area contributed by atoms with Crippen LogP contribution < -0.4 is 5.32 Å². The Labute approximate surface area is 82.7 Å². The van der Waals surface area contributed by atoms with Crippen molar-refractivity contribution < 1.29 is 9.90 Å². The second-order valence-corrected chi connectivity index (χ2v) is 3.21. The van der Waals surface area contributed by atoms with Gasteiger partial charge in [0.25, 0.3) is 0 Å². The summed E-state index contributed by atoms with van der Waals surface area (Å²) < 4.78 is 1.78. The van der Waals surface area contributed by atoms with Gasteiger partial charge >= 0.3 is 5.97 Å². The molecule has 5 heteroatoms. The molecule has 1 aromatic rings. The minimum absolute atomic E-state index is 0.497. The third-order valence-electron chi connectivity index (χ3n) is 2.12. The van der Waals surface area contributed by atoms with Crippen molar-refractivity contribution >= 4 is 5.97 Å². The Morgan fingerprint density at radius 1 is 1.79 bits per heavy atom. The quantitative estimate of drug-likeness (QED) is 0.698. The molecular formula is C9H15N3O2. The molecule has 1 atom stereocenters. The maximum atomic E-state index is 10.5. The first-order chi connectivity index (χ1) is 6.61. The molecule has 0 aliphatic carbocycles. The van der Waals surface area contributed by atoms with Gasteiger partial charge in [0, 0.05) is 31.9 Å². The SMILES string of the molecule is C[C@@H](NCCc1ccnn1C)C(=O)O. The number of carboxylic acid groups (broad SMARTS) is 1. The van der Waals surface area contributed by atoms with Gasteiger partial charge in [0.15, 0.2) is 0 Å². The maximum absolute atomic E-state index is 10.5. The number of rotatable bonds is 5. The van der Waals surface area contributed by atoms with Gasteiger partial charge in [-0.3, -0.25) is 9.48 Å². The number of nitrogens with one attached hydrogen (secondary N) is 1. The molecule has 1 heterocycles. The third-order valence-corrected chi connectivity index (χ3v) is 2.12. The van der Waals surface area contributed by atoms with Crippen LogP contribution in [0.1, 0.15) is 12.6 Å². The Kier molecular flexibility index (Phi) is 3.64. The normalized spacial score (nSPS) is 12.7. The van der Waals surface area contributed by atoms with Crippen LogP contribution >= 0.6 is 0 Å². The number of carboxylic acids is 1. The maximum Gasteiger partial charge on any atom is 0.320 e. The van der Waals surface area contributed by atoms with Crippen LogP contribution in [0.2, 0.25) is 0 Å². The summed E-state index contributed by atoms with van der Waals surface area (Å²) in [5.41, 5.74) is 1.09. The van der Waals surface area contributed by atoms with E-state index in [0.717, 1.165) is 12.1 Å². The monoisotopic (exact) mass is 197 g/mol. The Hall–Kier alpha value is -1.36. The smallest absolute Gasteiger partial charge is 0.320 e. The van der Waals surface area contributed by atoms with E-state index in [1.54, 1.807) is 17.8 Å². The van der Waals surface area contributed by atoms with Crippen LogP contribution in [0.3, 0.4) is 0 Å². The number of aryl methyl sites for hydroxylation is 1. The van der Waals surface area contributed by atoms with E-state index in [2.05, 4.69) is 10.4 Å². The topological polar surface area (TPSA) is 67.2 Å². The molecule has 2 N–H and O–H groups in total. The highest BCUT2D eigenvalue weighted by Gasteiger charge is 2.08. The van der Waals surface area contributed by atoms with Gasteiger partial charge in [0.05, 0.1) is 0 Å². The van der Waals surface area contributed by atoms with E-state index in [4.69, 9.17) is 5.11 Å². The van der Waals surface area contributed by atoms with Crippen LogP contribution in [-0.4, -0.2) is 33.4 Å². The summed E-state index contributed by atoms with van der Waals surface area (Å²) in [4.78, 5) is 10.5. The van der Waals surface area contributed by atoms with Crippen molar-refractivity contribution in [3.05, 3.63) is 18.0 Å². The van der Waals surface area contributed by atoms with Gasteiger partial charge in [-0.1, -0.05) is 0 Å². The van der Waals surface area contributed by atoms with Crippen LogP contribution in [0.25, 0.3) is 0 Å². The second-order valence-electron chi connectivity index (χ2n) is 3.21. The van der Waals surface area contributed by atoms with E-state index in [9.17, 15) is 4.79 Å². The standard InChI is InChI=1S/C9H15N3O2/c1-7(9(13)14)10-5-3-8-4-6-11-12(8)2/h4,6-7,10H,3,5H2,1-2H3,(H,13,14)/t7-/m1/s1. The Morgan fingerprint density at radius 2 is 2.50 bits per heavy atom. The number of nitrogens with zero attached hydrogens (tertiary/aromatic N) is 2. The number of hydrogen-bond donors (Lipinski definition) is 2. The summed E-state index contributed by atoms with van der Waals surface area (Å²) in [6.07, 6.45) is 2.52. The van der Waals surface area contributed by atoms with E-state index in [1.807, 2.05) is 13.1 Å². The highest BCUT2D eigenvalue weighted by Crippen LogP contribution is 1.96. The van der Waals surface area contributed by atoms with E-state index in [-0.39, 0.29) is 0 Å². The molecule has 0 aromatic carbocycles. The van der Waals surface area contributed by atoms with E-state index < -0.39 is 12.0 Å². The first-order valence-electron chi connectivity index (χ1n) is 4.54. The molecule has 0 saturated heterocycles. The van der Waals surface area contributed by atoms with E-state index in [1.165, 1.54) is 0 Å². The molecular weight excluding hydrogens is 182 g/mol. The molecule has 0 aliphatic heterocycles. The van der Waals surface area contributed by atoms with Gasteiger partial charge in [0.2, 0.25) is 0 Å². The van der Waals surface area contributed by atoms with Crippen LogP contribution in [-0.2, 0) is 18.3 Å². The van der Waals surface area contributed by atoms with Gasteiger partial charge in [-0.25, -0.2) is 0 Å². The van der Waals surface area contributed by atoms with Crippen LogP contribution in [0.15, 0.2) is 12.3 Å². The molecule has 78 valence electrons.